The van der Waals surface area contributed by atoms with Crippen LogP contribution in [-0.4, -0.2) is 17.0 Å². The Balaban J connectivity index is 2.08. The van der Waals surface area contributed by atoms with Gasteiger partial charge in [-0.1, -0.05) is 17.7 Å². The lowest BCUT2D eigenvalue weighted by atomic mass is 9.73. The van der Waals surface area contributed by atoms with Crippen LogP contribution in [0.15, 0.2) is 18.2 Å². The molecule has 2 atom stereocenters. The van der Waals surface area contributed by atoms with E-state index in [9.17, 15) is 9.59 Å². The highest BCUT2D eigenvalue weighted by molar-refractivity contribution is 6.31. The summed E-state index contributed by atoms with van der Waals surface area (Å²) in [4.78, 5) is 22.8. The minimum Gasteiger partial charge on any atom is -0.481 e. The zero-order valence-corrected chi connectivity index (χ0v) is 10.7. The number of anilines is 1. The van der Waals surface area contributed by atoms with Crippen molar-refractivity contribution in [2.45, 2.75) is 19.8 Å². The molecule has 0 aromatic heterocycles. The van der Waals surface area contributed by atoms with Crippen LogP contribution in [0.3, 0.4) is 0 Å². The molecule has 96 valence electrons. The second kappa shape index (κ2) is 4.98. The van der Waals surface area contributed by atoms with Crippen LogP contribution in [0.2, 0.25) is 5.02 Å². The highest BCUT2D eigenvalue weighted by Gasteiger charge is 2.41. The van der Waals surface area contributed by atoms with E-state index in [1.54, 1.807) is 18.2 Å². The van der Waals surface area contributed by atoms with E-state index in [0.717, 1.165) is 5.56 Å². The van der Waals surface area contributed by atoms with Crippen LogP contribution in [0.1, 0.15) is 18.4 Å². The summed E-state index contributed by atoms with van der Waals surface area (Å²) in [6.45, 7) is 1.81. The quantitative estimate of drug-likeness (QED) is 0.885. The molecule has 0 radical (unpaired) electrons. The predicted octanol–water partition coefficient (Wildman–Crippen LogP) is 2.70. The third kappa shape index (κ3) is 2.34. The first-order chi connectivity index (χ1) is 8.50. The number of nitrogens with one attached hydrogen (secondary N) is 1. The van der Waals surface area contributed by atoms with Gasteiger partial charge in [-0.3, -0.25) is 9.59 Å². The molecule has 1 aromatic rings. The van der Waals surface area contributed by atoms with Gasteiger partial charge in [0.25, 0.3) is 0 Å². The average molecular weight is 268 g/mol. The van der Waals surface area contributed by atoms with E-state index in [1.165, 1.54) is 0 Å². The first-order valence-electron chi connectivity index (χ1n) is 5.79. The minimum absolute atomic E-state index is 0.237. The van der Waals surface area contributed by atoms with Crippen LogP contribution >= 0.6 is 11.6 Å². The summed E-state index contributed by atoms with van der Waals surface area (Å²) in [5.41, 5.74) is 1.43. The summed E-state index contributed by atoms with van der Waals surface area (Å²) < 4.78 is 0. The molecular formula is C13H14ClNO3. The third-order valence-electron chi connectivity index (χ3n) is 3.45. The fourth-order valence-electron chi connectivity index (χ4n) is 2.08. The van der Waals surface area contributed by atoms with Crippen LogP contribution in [0, 0.1) is 18.8 Å². The molecule has 2 unspecified atom stereocenters. The molecule has 18 heavy (non-hydrogen) atoms. The molecule has 0 saturated heterocycles. The third-order valence-corrected chi connectivity index (χ3v) is 3.86. The summed E-state index contributed by atoms with van der Waals surface area (Å²) in [6, 6.07) is 5.25. The number of hydrogen-bond acceptors (Lipinski definition) is 2. The van der Waals surface area contributed by atoms with Gasteiger partial charge in [0.2, 0.25) is 5.91 Å². The number of carboxylic acids is 1. The lowest BCUT2D eigenvalue weighted by Crippen LogP contribution is -2.41. The van der Waals surface area contributed by atoms with E-state index in [-0.39, 0.29) is 5.91 Å². The minimum atomic E-state index is -0.899. The van der Waals surface area contributed by atoms with Gasteiger partial charge in [0.1, 0.15) is 0 Å². The molecule has 1 aliphatic carbocycles. The van der Waals surface area contributed by atoms with Gasteiger partial charge in [-0.25, -0.2) is 0 Å². The molecule has 0 aliphatic heterocycles. The Morgan fingerprint density at radius 1 is 1.33 bits per heavy atom. The number of hydrogen-bond donors (Lipinski definition) is 2. The van der Waals surface area contributed by atoms with Gasteiger partial charge in [0.05, 0.1) is 11.8 Å². The molecule has 2 rings (SSSR count). The molecule has 1 amide bonds. The maximum Gasteiger partial charge on any atom is 0.307 e. The van der Waals surface area contributed by atoms with E-state index in [1.807, 2.05) is 6.92 Å². The molecule has 5 heteroatoms. The molecule has 1 aromatic carbocycles. The van der Waals surface area contributed by atoms with Crippen molar-refractivity contribution in [3.8, 4) is 0 Å². The van der Waals surface area contributed by atoms with E-state index >= 15 is 0 Å². The summed E-state index contributed by atoms with van der Waals surface area (Å²) in [5, 5.41) is 12.2. The van der Waals surface area contributed by atoms with Crippen LogP contribution in [0.5, 0.6) is 0 Å². The van der Waals surface area contributed by atoms with E-state index in [4.69, 9.17) is 16.7 Å². The molecule has 1 fully saturated rings. The van der Waals surface area contributed by atoms with Crippen molar-refractivity contribution >= 4 is 29.2 Å². The zero-order valence-electron chi connectivity index (χ0n) is 9.94. The Morgan fingerprint density at radius 2 is 2.00 bits per heavy atom. The van der Waals surface area contributed by atoms with Crippen molar-refractivity contribution in [1.82, 2.24) is 0 Å². The standard InChI is InChI=1S/C13H14ClNO3/c1-7-10(14)3-2-4-11(7)15-12(16)8-5-6-9(8)13(17)18/h2-4,8-9H,5-6H2,1H3,(H,15,16)(H,17,18). The van der Waals surface area contributed by atoms with Gasteiger partial charge >= 0.3 is 5.97 Å². The number of halogens is 1. The Hall–Kier alpha value is -1.55. The number of amides is 1. The number of benzene rings is 1. The van der Waals surface area contributed by atoms with Gasteiger partial charge in [-0.2, -0.15) is 0 Å². The first kappa shape index (κ1) is 12.9. The Bertz CT molecular complexity index is 501. The maximum absolute atomic E-state index is 12.0. The molecule has 1 saturated carbocycles. The van der Waals surface area contributed by atoms with Crippen LogP contribution in [-0.2, 0) is 9.59 Å². The first-order valence-corrected chi connectivity index (χ1v) is 6.17. The molecule has 2 N–H and O–H groups in total. The van der Waals surface area contributed by atoms with Crippen molar-refractivity contribution in [3.05, 3.63) is 28.8 Å². The lowest BCUT2D eigenvalue weighted by molar-refractivity contribution is -0.151. The predicted molar refractivity (Wildman–Crippen MR) is 68.7 cm³/mol. The maximum atomic E-state index is 12.0. The summed E-state index contributed by atoms with van der Waals surface area (Å²) in [6.07, 6.45) is 1.20. The average Bonchev–Trinajstić information content (AvgIpc) is 2.22. The van der Waals surface area contributed by atoms with Crippen LogP contribution in [0.25, 0.3) is 0 Å². The molecule has 0 bridgehead atoms. The lowest BCUT2D eigenvalue weighted by Gasteiger charge is -2.32. The molecule has 0 heterocycles. The van der Waals surface area contributed by atoms with Crippen molar-refractivity contribution in [2.24, 2.45) is 11.8 Å². The van der Waals surface area contributed by atoms with Gasteiger partial charge in [0.15, 0.2) is 0 Å². The van der Waals surface area contributed by atoms with Crippen molar-refractivity contribution in [2.75, 3.05) is 5.32 Å². The Labute approximate surface area is 110 Å². The number of rotatable bonds is 3. The van der Waals surface area contributed by atoms with Crippen LogP contribution in [0.4, 0.5) is 5.69 Å². The van der Waals surface area contributed by atoms with Gasteiger partial charge < -0.3 is 10.4 Å². The highest BCUT2D eigenvalue weighted by atomic mass is 35.5. The summed E-state index contributed by atoms with van der Waals surface area (Å²) >= 11 is 5.96. The topological polar surface area (TPSA) is 66.4 Å². The number of carboxylic acid groups (broad SMARTS) is 1. The number of carbonyl (C=O) groups excluding carboxylic acids is 1. The monoisotopic (exact) mass is 267 g/mol. The molecule has 4 nitrogen and oxygen atoms in total. The fraction of sp³-hybridized carbons (Fsp3) is 0.385. The van der Waals surface area contributed by atoms with Gasteiger partial charge in [-0.05, 0) is 37.5 Å². The summed E-state index contributed by atoms with van der Waals surface area (Å²) in [7, 11) is 0. The summed E-state index contributed by atoms with van der Waals surface area (Å²) in [5.74, 6) is -2.12. The highest BCUT2D eigenvalue weighted by Crippen LogP contribution is 2.35. The Kier molecular flexibility index (Phi) is 3.57. The zero-order chi connectivity index (χ0) is 13.3. The fourth-order valence-corrected chi connectivity index (χ4v) is 2.25. The van der Waals surface area contributed by atoms with Crippen molar-refractivity contribution < 1.29 is 14.7 Å². The van der Waals surface area contributed by atoms with Gasteiger partial charge in [0, 0.05) is 10.7 Å². The van der Waals surface area contributed by atoms with E-state index in [0.29, 0.717) is 23.6 Å². The molecule has 0 spiro atoms. The number of aliphatic carboxylic acids is 1. The van der Waals surface area contributed by atoms with Crippen LogP contribution < -0.4 is 5.32 Å². The Morgan fingerprint density at radius 3 is 2.56 bits per heavy atom. The second-order valence-corrected chi connectivity index (χ2v) is 4.94. The number of carbonyl (C=O) groups is 2. The molecule has 1 aliphatic rings. The normalized spacial score (nSPS) is 22.1. The van der Waals surface area contributed by atoms with E-state index < -0.39 is 17.8 Å². The smallest absolute Gasteiger partial charge is 0.307 e. The van der Waals surface area contributed by atoms with Crippen molar-refractivity contribution in [1.29, 1.82) is 0 Å². The largest absolute Gasteiger partial charge is 0.481 e. The van der Waals surface area contributed by atoms with Gasteiger partial charge in [-0.15, -0.1) is 0 Å². The van der Waals surface area contributed by atoms with E-state index in [2.05, 4.69) is 5.32 Å². The second-order valence-electron chi connectivity index (χ2n) is 4.53. The molecular weight excluding hydrogens is 254 g/mol. The van der Waals surface area contributed by atoms with Crippen molar-refractivity contribution in [3.63, 3.8) is 0 Å². The SMILES string of the molecule is Cc1c(Cl)cccc1NC(=O)C1CCC1C(=O)O.